The number of nitrogens with one attached hydrogen (secondary N) is 2. The van der Waals surface area contributed by atoms with Gasteiger partial charge in [-0.15, -0.1) is 0 Å². The Bertz CT molecular complexity index is 1000. The summed E-state index contributed by atoms with van der Waals surface area (Å²) in [4.78, 5) is 31.9. The summed E-state index contributed by atoms with van der Waals surface area (Å²) >= 11 is 0. The number of rotatable bonds is 4. The first-order valence-corrected chi connectivity index (χ1v) is 9.63. The molecule has 6 nitrogen and oxygen atoms in total. The van der Waals surface area contributed by atoms with Gasteiger partial charge in [-0.2, -0.15) is 0 Å². The van der Waals surface area contributed by atoms with Crippen LogP contribution in [0.25, 0.3) is 22.4 Å². The van der Waals surface area contributed by atoms with Crippen LogP contribution in [-0.2, 0) is 9.53 Å². The van der Waals surface area contributed by atoms with Gasteiger partial charge in [0, 0.05) is 17.2 Å². The second kappa shape index (κ2) is 7.84. The van der Waals surface area contributed by atoms with E-state index in [1.54, 1.807) is 18.2 Å². The molecule has 1 saturated carbocycles. The molecule has 28 heavy (non-hydrogen) atoms. The number of ether oxygens (including phenoxy) is 1. The number of fused-ring (bicyclic) bond motifs is 1. The number of carbonyl (C=O) groups is 2. The maximum absolute atomic E-state index is 12.4. The number of carbonyl (C=O) groups excluding carboxylic acids is 2. The van der Waals surface area contributed by atoms with Crippen LogP contribution < -0.4 is 5.32 Å². The van der Waals surface area contributed by atoms with Crippen molar-refractivity contribution in [3.63, 3.8) is 0 Å². The number of H-pyrrole nitrogens is 1. The van der Waals surface area contributed by atoms with Gasteiger partial charge in [-0.1, -0.05) is 19.3 Å². The van der Waals surface area contributed by atoms with Crippen LogP contribution >= 0.6 is 0 Å². The highest BCUT2D eigenvalue weighted by Gasteiger charge is 2.21. The molecule has 1 heterocycles. The van der Waals surface area contributed by atoms with Gasteiger partial charge >= 0.3 is 5.97 Å². The van der Waals surface area contributed by atoms with Crippen molar-refractivity contribution in [1.82, 2.24) is 9.97 Å². The van der Waals surface area contributed by atoms with Crippen molar-refractivity contribution in [2.75, 3.05) is 12.4 Å². The lowest BCUT2D eigenvalue weighted by molar-refractivity contribution is -0.120. The fraction of sp³-hybridized carbons (Fsp3) is 0.318. The minimum atomic E-state index is -0.379. The smallest absolute Gasteiger partial charge is 0.337 e. The highest BCUT2D eigenvalue weighted by molar-refractivity contribution is 5.94. The number of nitrogens with zero attached hydrogens (tertiary/aromatic N) is 1. The minimum absolute atomic E-state index is 0.117. The summed E-state index contributed by atoms with van der Waals surface area (Å²) in [6.45, 7) is 0. The van der Waals surface area contributed by atoms with Crippen molar-refractivity contribution in [1.29, 1.82) is 0 Å². The van der Waals surface area contributed by atoms with Gasteiger partial charge < -0.3 is 15.0 Å². The molecular formula is C22H23N3O3. The lowest BCUT2D eigenvalue weighted by Crippen LogP contribution is -2.24. The molecule has 0 atom stereocenters. The first-order valence-electron chi connectivity index (χ1n) is 9.63. The number of aromatic amines is 1. The minimum Gasteiger partial charge on any atom is -0.465 e. The second-order valence-electron chi connectivity index (χ2n) is 7.21. The Kier molecular flexibility index (Phi) is 5.10. The zero-order valence-electron chi connectivity index (χ0n) is 15.8. The number of esters is 1. The summed E-state index contributed by atoms with van der Waals surface area (Å²) in [5.74, 6) is 0.581. The standard InChI is InChI=1S/C22H23N3O3/c1-28-22(27)16-9-12-18-19(13-16)25-20(24-18)14-7-10-17(11-8-14)23-21(26)15-5-3-2-4-6-15/h7-13,15H,2-6H2,1H3,(H,23,26)(H,24,25). The summed E-state index contributed by atoms with van der Waals surface area (Å²) in [6, 6.07) is 12.9. The fourth-order valence-corrected chi connectivity index (χ4v) is 3.71. The van der Waals surface area contributed by atoms with Crippen molar-refractivity contribution >= 4 is 28.6 Å². The molecule has 1 amide bonds. The lowest BCUT2D eigenvalue weighted by atomic mass is 9.88. The SMILES string of the molecule is COC(=O)c1ccc2nc(-c3ccc(NC(=O)C4CCCCC4)cc3)[nH]c2c1. The van der Waals surface area contributed by atoms with Crippen molar-refractivity contribution in [2.45, 2.75) is 32.1 Å². The van der Waals surface area contributed by atoms with Gasteiger partial charge in [0.2, 0.25) is 5.91 Å². The Hall–Kier alpha value is -3.15. The highest BCUT2D eigenvalue weighted by Crippen LogP contribution is 2.26. The predicted molar refractivity (Wildman–Crippen MR) is 108 cm³/mol. The average molecular weight is 377 g/mol. The normalized spacial score (nSPS) is 14.8. The van der Waals surface area contributed by atoms with E-state index < -0.39 is 0 Å². The number of imidazole rings is 1. The molecular weight excluding hydrogens is 354 g/mol. The molecule has 1 aromatic heterocycles. The second-order valence-corrected chi connectivity index (χ2v) is 7.21. The molecule has 0 saturated heterocycles. The van der Waals surface area contributed by atoms with E-state index in [1.807, 2.05) is 24.3 Å². The maximum atomic E-state index is 12.4. The van der Waals surface area contributed by atoms with E-state index in [0.717, 1.165) is 48.0 Å². The quantitative estimate of drug-likeness (QED) is 0.654. The summed E-state index contributed by atoms with van der Waals surface area (Å²) in [5, 5.41) is 3.02. The van der Waals surface area contributed by atoms with Crippen molar-refractivity contribution in [3.8, 4) is 11.4 Å². The average Bonchev–Trinajstić information content (AvgIpc) is 3.17. The molecule has 1 aliphatic rings. The van der Waals surface area contributed by atoms with E-state index >= 15 is 0 Å². The Labute approximate surface area is 163 Å². The number of anilines is 1. The molecule has 1 aliphatic carbocycles. The predicted octanol–water partition coefficient (Wildman–Crippen LogP) is 4.54. The third-order valence-corrected chi connectivity index (χ3v) is 5.30. The monoisotopic (exact) mass is 377 g/mol. The van der Waals surface area contributed by atoms with Gasteiger partial charge in [0.15, 0.2) is 0 Å². The van der Waals surface area contributed by atoms with Gasteiger partial charge in [-0.25, -0.2) is 9.78 Å². The summed E-state index contributed by atoms with van der Waals surface area (Å²) in [7, 11) is 1.36. The number of aromatic nitrogens is 2. The Morgan fingerprint density at radius 3 is 2.54 bits per heavy atom. The van der Waals surface area contributed by atoms with Crippen molar-refractivity contribution in [3.05, 3.63) is 48.0 Å². The third kappa shape index (κ3) is 3.76. The van der Waals surface area contributed by atoms with Crippen LogP contribution in [-0.4, -0.2) is 29.0 Å². The van der Waals surface area contributed by atoms with E-state index in [9.17, 15) is 9.59 Å². The van der Waals surface area contributed by atoms with Crippen LogP contribution in [0, 0.1) is 5.92 Å². The molecule has 0 aliphatic heterocycles. The molecule has 2 N–H and O–H groups in total. The molecule has 4 rings (SSSR count). The summed E-state index contributed by atoms with van der Waals surface area (Å²) in [6.07, 6.45) is 5.48. The molecule has 3 aromatic rings. The van der Waals surface area contributed by atoms with Gasteiger partial charge in [0.1, 0.15) is 5.82 Å². The first-order chi connectivity index (χ1) is 13.6. The molecule has 6 heteroatoms. The van der Waals surface area contributed by atoms with Crippen LogP contribution in [0.4, 0.5) is 5.69 Å². The molecule has 0 spiro atoms. The van der Waals surface area contributed by atoms with Crippen LogP contribution in [0.1, 0.15) is 42.5 Å². The number of hydrogen-bond acceptors (Lipinski definition) is 4. The number of amides is 1. The van der Waals surface area contributed by atoms with Crippen LogP contribution in [0.15, 0.2) is 42.5 Å². The zero-order chi connectivity index (χ0) is 19.5. The number of hydrogen-bond donors (Lipinski definition) is 2. The van der Waals surface area contributed by atoms with Crippen molar-refractivity contribution < 1.29 is 14.3 Å². The van der Waals surface area contributed by atoms with Gasteiger partial charge in [-0.05, 0) is 55.3 Å². The zero-order valence-corrected chi connectivity index (χ0v) is 15.8. The van der Waals surface area contributed by atoms with Crippen LogP contribution in [0.5, 0.6) is 0 Å². The molecule has 0 bridgehead atoms. The molecule has 144 valence electrons. The first kappa shape index (κ1) is 18.2. The molecule has 0 unspecified atom stereocenters. The van der Waals surface area contributed by atoms with E-state index in [1.165, 1.54) is 13.5 Å². The molecule has 2 aromatic carbocycles. The number of benzene rings is 2. The van der Waals surface area contributed by atoms with Crippen molar-refractivity contribution in [2.24, 2.45) is 5.92 Å². The highest BCUT2D eigenvalue weighted by atomic mass is 16.5. The third-order valence-electron chi connectivity index (χ3n) is 5.30. The Balaban J connectivity index is 1.50. The fourth-order valence-electron chi connectivity index (χ4n) is 3.71. The Morgan fingerprint density at radius 2 is 1.82 bits per heavy atom. The van der Waals surface area contributed by atoms with E-state index in [-0.39, 0.29) is 17.8 Å². The summed E-state index contributed by atoms with van der Waals surface area (Å²) in [5.41, 5.74) is 3.73. The topological polar surface area (TPSA) is 84.1 Å². The van der Waals surface area contributed by atoms with Crippen LogP contribution in [0.3, 0.4) is 0 Å². The van der Waals surface area contributed by atoms with Gasteiger partial charge in [0.05, 0.1) is 23.7 Å². The molecule has 1 fully saturated rings. The lowest BCUT2D eigenvalue weighted by Gasteiger charge is -2.20. The van der Waals surface area contributed by atoms with E-state index in [4.69, 9.17) is 4.74 Å². The van der Waals surface area contributed by atoms with Gasteiger partial charge in [0.25, 0.3) is 0 Å². The van der Waals surface area contributed by atoms with E-state index in [0.29, 0.717) is 11.4 Å². The summed E-state index contributed by atoms with van der Waals surface area (Å²) < 4.78 is 4.76. The largest absolute Gasteiger partial charge is 0.465 e. The maximum Gasteiger partial charge on any atom is 0.337 e. The van der Waals surface area contributed by atoms with Gasteiger partial charge in [-0.3, -0.25) is 4.79 Å². The molecule has 0 radical (unpaired) electrons. The number of methoxy groups -OCH3 is 1. The Morgan fingerprint density at radius 1 is 1.07 bits per heavy atom. The van der Waals surface area contributed by atoms with E-state index in [2.05, 4.69) is 15.3 Å². The van der Waals surface area contributed by atoms with Crippen LogP contribution in [0.2, 0.25) is 0 Å².